The average molecular weight is 471 g/mol. The van der Waals surface area contributed by atoms with Crippen LogP contribution in [0.2, 0.25) is 0 Å². The fraction of sp³-hybridized carbons (Fsp3) is 0.450. The monoisotopic (exact) mass is 470 g/mol. The van der Waals surface area contributed by atoms with Crippen LogP contribution < -0.4 is 0 Å². The Morgan fingerprint density at radius 2 is 1.79 bits per heavy atom. The number of carboxylic acid groups (broad SMARTS) is 1. The molecule has 1 N–H and O–H groups in total. The van der Waals surface area contributed by atoms with Crippen molar-refractivity contribution in [2.24, 2.45) is 5.41 Å². The molecule has 2 rings (SSSR count). The van der Waals surface area contributed by atoms with E-state index < -0.39 is 16.1 Å². The highest BCUT2D eigenvalue weighted by Gasteiger charge is 2.28. The maximum absolute atomic E-state index is 13.1. The molecule has 6 nitrogen and oxygen atoms in total. The first-order chi connectivity index (χ1) is 12.8. The minimum atomic E-state index is -3.79. The van der Waals surface area contributed by atoms with Crippen molar-refractivity contribution in [2.45, 2.75) is 52.0 Å². The molecule has 0 aliphatic rings. The molecule has 0 bridgehead atoms. The highest BCUT2D eigenvalue weighted by Crippen LogP contribution is 2.34. The van der Waals surface area contributed by atoms with Crippen LogP contribution in [0.4, 0.5) is 4.79 Å². The van der Waals surface area contributed by atoms with Crippen LogP contribution in [0.25, 0.3) is 0 Å². The molecule has 154 valence electrons. The van der Waals surface area contributed by atoms with E-state index in [4.69, 9.17) is 0 Å². The Morgan fingerprint density at radius 1 is 1.21 bits per heavy atom. The van der Waals surface area contributed by atoms with Crippen molar-refractivity contribution in [1.82, 2.24) is 8.87 Å². The summed E-state index contributed by atoms with van der Waals surface area (Å²) in [5.41, 5.74) is 1.25. The van der Waals surface area contributed by atoms with Crippen LogP contribution in [0.15, 0.2) is 46.0 Å². The molecule has 0 saturated heterocycles. The Labute approximate surface area is 175 Å². The summed E-state index contributed by atoms with van der Waals surface area (Å²) in [6.07, 6.45) is 0.500. The van der Waals surface area contributed by atoms with Crippen LogP contribution in [0, 0.1) is 5.41 Å². The fourth-order valence-corrected chi connectivity index (χ4v) is 5.79. The first-order valence-electron chi connectivity index (χ1n) is 9.02. The van der Waals surface area contributed by atoms with E-state index >= 15 is 0 Å². The summed E-state index contributed by atoms with van der Waals surface area (Å²) in [5, 5.41) is 9.63. The van der Waals surface area contributed by atoms with Crippen molar-refractivity contribution in [1.29, 1.82) is 0 Å². The highest BCUT2D eigenvalue weighted by molar-refractivity contribution is 9.10. The zero-order valence-electron chi connectivity index (χ0n) is 16.8. The molecule has 1 heterocycles. The standard InChI is InChI=1S/C20H27BrN2O4S/c1-14(2)17-15(11-22(19(24)25)13-20(3,4)5)12-23(18(17)21)28(26,27)16-9-7-6-8-10-16/h6-10,12,14H,11,13H2,1-5H3,(H,24,25). The van der Waals surface area contributed by atoms with Crippen molar-refractivity contribution >= 4 is 32.0 Å². The summed E-state index contributed by atoms with van der Waals surface area (Å²) in [7, 11) is -3.79. The van der Waals surface area contributed by atoms with E-state index in [0.717, 1.165) is 5.56 Å². The lowest BCUT2D eigenvalue weighted by Gasteiger charge is -2.28. The van der Waals surface area contributed by atoms with Gasteiger partial charge in [-0.2, -0.15) is 0 Å². The van der Waals surface area contributed by atoms with Gasteiger partial charge in [-0.3, -0.25) is 0 Å². The van der Waals surface area contributed by atoms with Crippen LogP contribution >= 0.6 is 15.9 Å². The Hall–Kier alpha value is -1.80. The maximum atomic E-state index is 13.1. The average Bonchev–Trinajstić information content (AvgIpc) is 2.91. The molecule has 0 unspecified atom stereocenters. The van der Waals surface area contributed by atoms with Gasteiger partial charge in [0.05, 0.1) is 11.4 Å². The van der Waals surface area contributed by atoms with Gasteiger partial charge in [-0.15, -0.1) is 0 Å². The molecule has 1 amide bonds. The van der Waals surface area contributed by atoms with E-state index in [1.165, 1.54) is 15.1 Å². The number of benzene rings is 1. The van der Waals surface area contributed by atoms with Gasteiger partial charge in [-0.1, -0.05) is 52.8 Å². The van der Waals surface area contributed by atoms with Crippen LogP contribution in [0.3, 0.4) is 0 Å². The van der Waals surface area contributed by atoms with E-state index in [2.05, 4.69) is 15.9 Å². The molecule has 8 heteroatoms. The van der Waals surface area contributed by atoms with Crippen molar-refractivity contribution in [3.05, 3.63) is 52.3 Å². The second kappa shape index (κ2) is 8.29. The minimum Gasteiger partial charge on any atom is -0.465 e. The lowest BCUT2D eigenvalue weighted by atomic mass is 9.95. The van der Waals surface area contributed by atoms with Gasteiger partial charge in [0.2, 0.25) is 0 Å². The van der Waals surface area contributed by atoms with E-state index in [1.807, 2.05) is 34.6 Å². The van der Waals surface area contributed by atoms with Crippen LogP contribution in [-0.4, -0.2) is 35.0 Å². The smallest absolute Gasteiger partial charge is 0.407 e. The summed E-state index contributed by atoms with van der Waals surface area (Å²) < 4.78 is 27.8. The summed E-state index contributed by atoms with van der Waals surface area (Å²) in [4.78, 5) is 13.3. The third kappa shape index (κ3) is 4.97. The first kappa shape index (κ1) is 22.5. The quantitative estimate of drug-likeness (QED) is 0.633. The number of hydrogen-bond donors (Lipinski definition) is 1. The van der Waals surface area contributed by atoms with E-state index in [9.17, 15) is 18.3 Å². The lowest BCUT2D eigenvalue weighted by Crippen LogP contribution is -2.36. The molecule has 28 heavy (non-hydrogen) atoms. The number of halogens is 1. The predicted molar refractivity (Wildman–Crippen MR) is 113 cm³/mol. The molecule has 1 aromatic heterocycles. The zero-order valence-corrected chi connectivity index (χ0v) is 19.2. The summed E-state index contributed by atoms with van der Waals surface area (Å²) in [5.74, 6) is 0.0156. The number of rotatable bonds is 6. The first-order valence-corrected chi connectivity index (χ1v) is 11.3. The van der Waals surface area contributed by atoms with E-state index in [1.54, 1.807) is 30.3 Å². The van der Waals surface area contributed by atoms with Gasteiger partial charge in [-0.25, -0.2) is 17.2 Å². The molecule has 2 aromatic rings. The third-order valence-electron chi connectivity index (χ3n) is 4.21. The van der Waals surface area contributed by atoms with Gasteiger partial charge in [0.15, 0.2) is 0 Å². The molecule has 0 aliphatic heterocycles. The molecular formula is C20H27BrN2O4S. The Kier molecular flexibility index (Phi) is 6.66. The normalized spacial score (nSPS) is 12.4. The predicted octanol–water partition coefficient (Wildman–Crippen LogP) is 5.14. The Bertz CT molecular complexity index is 945. The second-order valence-electron chi connectivity index (χ2n) is 8.33. The SMILES string of the molecule is CC(C)c1c(CN(CC(C)(C)C)C(=O)O)cn(S(=O)(=O)c2ccccc2)c1Br. The zero-order chi connectivity index (χ0) is 21.3. The number of amides is 1. The van der Waals surface area contributed by atoms with Crippen LogP contribution in [0.5, 0.6) is 0 Å². The molecule has 0 radical (unpaired) electrons. The third-order valence-corrected chi connectivity index (χ3v) is 6.93. The maximum Gasteiger partial charge on any atom is 0.407 e. The number of hydrogen-bond acceptors (Lipinski definition) is 3. The van der Waals surface area contributed by atoms with E-state index in [-0.39, 0.29) is 22.8 Å². The van der Waals surface area contributed by atoms with Crippen LogP contribution in [-0.2, 0) is 16.6 Å². The van der Waals surface area contributed by atoms with Crippen molar-refractivity contribution in [3.63, 3.8) is 0 Å². The fourth-order valence-electron chi connectivity index (χ4n) is 3.10. The minimum absolute atomic E-state index is 0.0156. The number of aromatic nitrogens is 1. The topological polar surface area (TPSA) is 79.6 Å². The molecule has 0 atom stereocenters. The Morgan fingerprint density at radius 3 is 2.25 bits per heavy atom. The summed E-state index contributed by atoms with van der Waals surface area (Å²) in [6.45, 7) is 10.3. The van der Waals surface area contributed by atoms with Gasteiger partial charge in [0, 0.05) is 12.7 Å². The lowest BCUT2D eigenvalue weighted by molar-refractivity contribution is 0.122. The van der Waals surface area contributed by atoms with Crippen molar-refractivity contribution in [3.8, 4) is 0 Å². The summed E-state index contributed by atoms with van der Waals surface area (Å²) in [6, 6.07) is 8.18. The van der Waals surface area contributed by atoms with Gasteiger partial charge < -0.3 is 10.0 Å². The van der Waals surface area contributed by atoms with Gasteiger partial charge in [0.1, 0.15) is 4.60 Å². The molecule has 0 fully saturated rings. The van der Waals surface area contributed by atoms with Gasteiger partial charge >= 0.3 is 6.09 Å². The molecule has 0 saturated carbocycles. The van der Waals surface area contributed by atoms with Gasteiger partial charge in [-0.05, 0) is 50.5 Å². The largest absolute Gasteiger partial charge is 0.465 e. The number of carbonyl (C=O) groups is 1. The second-order valence-corrected chi connectivity index (χ2v) is 10.9. The van der Waals surface area contributed by atoms with Crippen molar-refractivity contribution < 1.29 is 18.3 Å². The van der Waals surface area contributed by atoms with E-state index in [0.29, 0.717) is 16.7 Å². The van der Waals surface area contributed by atoms with Crippen molar-refractivity contribution in [2.75, 3.05) is 6.54 Å². The van der Waals surface area contributed by atoms with Crippen LogP contribution in [0.1, 0.15) is 51.7 Å². The number of nitrogens with zero attached hydrogens (tertiary/aromatic N) is 2. The summed E-state index contributed by atoms with van der Waals surface area (Å²) >= 11 is 3.44. The molecular weight excluding hydrogens is 444 g/mol. The highest BCUT2D eigenvalue weighted by atomic mass is 79.9. The Balaban J connectivity index is 2.55. The molecule has 0 spiro atoms. The molecule has 1 aromatic carbocycles. The molecule has 0 aliphatic carbocycles. The van der Waals surface area contributed by atoms with Gasteiger partial charge in [0.25, 0.3) is 10.0 Å².